The van der Waals surface area contributed by atoms with E-state index in [1.54, 1.807) is 84.9 Å². The monoisotopic (exact) mass is 396 g/mol. The van der Waals surface area contributed by atoms with Gasteiger partial charge in [-0.25, -0.2) is 8.42 Å². The average Bonchev–Trinajstić information content (AvgIpc) is 2.75. The third-order valence-electron chi connectivity index (χ3n) is 3.78. The van der Waals surface area contributed by atoms with Crippen LogP contribution in [0.15, 0.2) is 101 Å². The first-order valence-electron chi connectivity index (χ1n) is 8.21. The molecular weight excluding hydrogens is 380 g/mol. The van der Waals surface area contributed by atoms with Crippen LogP contribution in [0.2, 0.25) is 0 Å². The van der Waals surface area contributed by atoms with Gasteiger partial charge in [0.2, 0.25) is 9.84 Å². The van der Waals surface area contributed by atoms with Gasteiger partial charge in [0.25, 0.3) is 0 Å². The van der Waals surface area contributed by atoms with E-state index in [0.29, 0.717) is 21.1 Å². The van der Waals surface area contributed by atoms with Crippen LogP contribution >= 0.6 is 0 Å². The molecule has 1 N–H and O–H groups in total. The third kappa shape index (κ3) is 4.36. The summed E-state index contributed by atoms with van der Waals surface area (Å²) in [4.78, 5) is 15.4. The lowest BCUT2D eigenvalue weighted by atomic mass is 10.2. The van der Waals surface area contributed by atoms with E-state index in [0.717, 1.165) is 0 Å². The zero-order chi connectivity index (χ0) is 20.0. The maximum atomic E-state index is 12.0. The van der Waals surface area contributed by atoms with Crippen LogP contribution in [0, 0.1) is 10.1 Å². The van der Waals surface area contributed by atoms with E-state index in [4.69, 9.17) is 4.84 Å². The minimum Gasteiger partial charge on any atom is -0.358 e. The molecule has 8 heteroatoms. The molecule has 7 nitrogen and oxygen atoms in total. The van der Waals surface area contributed by atoms with Gasteiger partial charge in [-0.15, -0.1) is 0 Å². The summed E-state index contributed by atoms with van der Waals surface area (Å²) in [5.74, 6) is 0.437. The van der Waals surface area contributed by atoms with Gasteiger partial charge in [-0.3, -0.25) is 0 Å². The maximum absolute atomic E-state index is 12.0. The van der Waals surface area contributed by atoms with E-state index in [-0.39, 0.29) is 5.82 Å². The van der Waals surface area contributed by atoms with Crippen LogP contribution in [0.5, 0.6) is 5.75 Å². The summed E-state index contributed by atoms with van der Waals surface area (Å²) in [5.41, 5.74) is 2.94. The molecule has 0 saturated carbocycles. The second kappa shape index (κ2) is 8.36. The van der Waals surface area contributed by atoms with Crippen LogP contribution < -0.4 is 10.3 Å². The number of nitrogens with one attached hydrogen (secondary N) is 1. The predicted octanol–water partition coefficient (Wildman–Crippen LogP) is 3.68. The molecule has 0 unspecified atom stereocenters. The fourth-order valence-corrected chi connectivity index (χ4v) is 3.71. The lowest BCUT2D eigenvalue weighted by Gasteiger charge is -2.10. The summed E-state index contributed by atoms with van der Waals surface area (Å²) < 4.78 is 24.1. The zero-order valence-corrected chi connectivity index (χ0v) is 15.4. The number of nitrogens with zero attached hydrogens (tertiary/aromatic N) is 1. The first-order chi connectivity index (χ1) is 13.5. The Labute approximate surface area is 161 Å². The normalized spacial score (nSPS) is 12.2. The first kappa shape index (κ1) is 19.1. The van der Waals surface area contributed by atoms with Gasteiger partial charge < -0.3 is 15.0 Å². The van der Waals surface area contributed by atoms with Gasteiger partial charge in [0.05, 0.1) is 9.79 Å². The molecule has 28 heavy (non-hydrogen) atoms. The van der Waals surface area contributed by atoms with Gasteiger partial charge >= 0.3 is 5.82 Å². The lowest BCUT2D eigenvalue weighted by Crippen LogP contribution is -2.26. The van der Waals surface area contributed by atoms with Gasteiger partial charge in [-0.1, -0.05) is 60.1 Å². The quantitative estimate of drug-likeness (QED) is 0.536. The fraction of sp³-hybridized carbons (Fsp3) is 0. The van der Waals surface area contributed by atoms with E-state index in [2.05, 4.69) is 5.48 Å². The highest BCUT2D eigenvalue weighted by Crippen LogP contribution is 2.23. The van der Waals surface area contributed by atoms with Crippen molar-refractivity contribution in [2.75, 3.05) is 0 Å². The second-order valence-corrected chi connectivity index (χ2v) is 7.61. The second-order valence-electron chi connectivity index (χ2n) is 5.66. The van der Waals surface area contributed by atoms with E-state index in [1.165, 1.54) is 6.08 Å². The van der Waals surface area contributed by atoms with E-state index in [9.17, 15) is 18.5 Å². The minimum atomic E-state index is -3.34. The highest BCUT2D eigenvalue weighted by Gasteiger charge is 2.18. The van der Waals surface area contributed by atoms with Crippen molar-refractivity contribution in [1.29, 1.82) is 0 Å². The lowest BCUT2D eigenvalue weighted by molar-refractivity contribution is -0.437. The fourth-order valence-electron chi connectivity index (χ4n) is 2.40. The number of hydroxylamine groups is 1. The molecule has 1 aliphatic heterocycles. The summed E-state index contributed by atoms with van der Waals surface area (Å²) in [7, 11) is -3.34. The Morgan fingerprint density at radius 1 is 0.786 bits per heavy atom. The first-order valence-corrected chi connectivity index (χ1v) is 9.70. The van der Waals surface area contributed by atoms with E-state index < -0.39 is 14.8 Å². The van der Waals surface area contributed by atoms with Crippen molar-refractivity contribution in [3.63, 3.8) is 0 Å². The molecule has 0 spiro atoms. The Bertz CT molecular complexity index is 1050. The van der Waals surface area contributed by atoms with Gasteiger partial charge in [-0.2, -0.15) is 0 Å². The summed E-state index contributed by atoms with van der Waals surface area (Å²) in [6.45, 7) is 0. The molecule has 0 atom stereocenters. The van der Waals surface area contributed by atoms with Crippen LogP contribution in [0.4, 0.5) is 0 Å². The van der Waals surface area contributed by atoms with Crippen LogP contribution in [0.25, 0.3) is 6.08 Å². The molecule has 1 aliphatic rings. The van der Waals surface area contributed by atoms with Crippen LogP contribution in [0.1, 0.15) is 5.56 Å². The van der Waals surface area contributed by atoms with Gasteiger partial charge in [0.1, 0.15) is 0 Å². The van der Waals surface area contributed by atoms with Crippen molar-refractivity contribution < 1.29 is 18.2 Å². The van der Waals surface area contributed by atoms with Gasteiger partial charge in [-0.05, 0) is 35.3 Å². The number of hydrogen-bond acceptors (Lipinski definition) is 6. The molecule has 4 rings (SSSR count). The maximum Gasteiger partial charge on any atom is 0.355 e. The zero-order valence-electron chi connectivity index (χ0n) is 14.6. The number of hydrogen-bond donors (Lipinski definition) is 1. The van der Waals surface area contributed by atoms with Gasteiger partial charge in [0.15, 0.2) is 5.75 Å². The highest BCUT2D eigenvalue weighted by atomic mass is 32.2. The Morgan fingerprint density at radius 3 is 1.82 bits per heavy atom. The van der Waals surface area contributed by atoms with E-state index >= 15 is 0 Å². The van der Waals surface area contributed by atoms with Crippen LogP contribution in [-0.2, 0) is 9.84 Å². The number of nitro groups is 1. The smallest absolute Gasteiger partial charge is 0.355 e. The summed E-state index contributed by atoms with van der Waals surface area (Å²) >= 11 is 0. The third-order valence-corrected chi connectivity index (χ3v) is 5.57. The molecule has 1 heterocycles. The summed E-state index contributed by atoms with van der Waals surface area (Å²) in [6.07, 6.45) is 1.43. The highest BCUT2D eigenvalue weighted by molar-refractivity contribution is 7.91. The van der Waals surface area contributed by atoms with Crippen molar-refractivity contribution in [2.24, 2.45) is 0 Å². The Kier molecular flexibility index (Phi) is 5.71. The molecule has 0 radical (unpaired) electrons. The standard InChI is InChI=1S/C12H10O2S.C8H6N2O3/c13-15(14,11-7-3-1-4-8-11)12-9-5-2-6-10-12;11-10(12)8-5-6-3-1-2-4-7(6)13-9-8/h1-10H;1-5,9H. The Hall–Kier alpha value is -3.65. The van der Waals surface area contributed by atoms with Crippen LogP contribution in [-0.4, -0.2) is 13.3 Å². The molecule has 0 saturated heterocycles. The SMILES string of the molecule is O=S(=O)(c1ccccc1)c1ccccc1.O=[N+]([O-])C1=Cc2ccccc2ON1. The molecule has 3 aromatic carbocycles. The van der Waals surface area contributed by atoms with Crippen LogP contribution in [0.3, 0.4) is 0 Å². The topological polar surface area (TPSA) is 98.5 Å². The number of para-hydroxylation sites is 1. The predicted molar refractivity (Wildman–Crippen MR) is 104 cm³/mol. The average molecular weight is 396 g/mol. The molecule has 0 bridgehead atoms. The van der Waals surface area contributed by atoms with Gasteiger partial charge in [0, 0.05) is 11.6 Å². The van der Waals surface area contributed by atoms with Crippen molar-refractivity contribution in [3.05, 3.63) is 106 Å². The van der Waals surface area contributed by atoms with Crippen molar-refractivity contribution >= 4 is 15.9 Å². The summed E-state index contributed by atoms with van der Waals surface area (Å²) in [5, 5.41) is 10.4. The summed E-state index contributed by atoms with van der Waals surface area (Å²) in [6, 6.07) is 23.9. The number of rotatable bonds is 3. The number of sulfone groups is 1. The molecule has 142 valence electrons. The number of benzene rings is 3. The van der Waals surface area contributed by atoms with Crippen molar-refractivity contribution in [3.8, 4) is 5.75 Å². The molecule has 0 amide bonds. The Morgan fingerprint density at radius 2 is 1.29 bits per heavy atom. The largest absolute Gasteiger partial charge is 0.358 e. The van der Waals surface area contributed by atoms with Crippen molar-refractivity contribution in [2.45, 2.75) is 9.79 Å². The molecule has 0 aromatic heterocycles. The van der Waals surface area contributed by atoms with E-state index in [1.807, 2.05) is 0 Å². The molecule has 3 aromatic rings. The van der Waals surface area contributed by atoms with Crippen molar-refractivity contribution in [1.82, 2.24) is 5.48 Å². The molecule has 0 aliphatic carbocycles. The number of fused-ring (bicyclic) bond motifs is 1. The molecular formula is C20H16N2O5S. The molecule has 0 fully saturated rings. The Balaban J connectivity index is 0.000000162. The minimum absolute atomic E-state index is 0.154.